The smallest absolute Gasteiger partial charge is 0.256 e. The summed E-state index contributed by atoms with van der Waals surface area (Å²) < 4.78 is 14.8. The fourth-order valence-corrected chi connectivity index (χ4v) is 1.40. The summed E-state index contributed by atoms with van der Waals surface area (Å²) in [5.74, 6) is -1.26. The average molecular weight is 234 g/mol. The Bertz CT molecular complexity index is 538. The van der Waals surface area contributed by atoms with Gasteiger partial charge in [0.25, 0.3) is 5.91 Å². The zero-order chi connectivity index (χ0) is 12.3. The Kier molecular flexibility index (Phi) is 3.13. The summed E-state index contributed by atoms with van der Waals surface area (Å²) in [4.78, 5) is 15.1. The van der Waals surface area contributed by atoms with Crippen LogP contribution in [0.5, 0.6) is 0 Å². The monoisotopic (exact) mass is 234 g/mol. The second kappa shape index (κ2) is 4.73. The summed E-state index contributed by atoms with van der Waals surface area (Å²) in [6.07, 6.45) is 2.93. The number of halogens is 1. The molecule has 0 atom stereocenters. The van der Waals surface area contributed by atoms with Crippen LogP contribution in [-0.4, -0.2) is 20.7 Å². The van der Waals surface area contributed by atoms with E-state index in [1.54, 1.807) is 24.0 Å². The van der Waals surface area contributed by atoms with Gasteiger partial charge in [0.15, 0.2) is 0 Å². The first-order chi connectivity index (χ1) is 8.18. The van der Waals surface area contributed by atoms with Crippen molar-refractivity contribution in [3.63, 3.8) is 0 Å². The lowest BCUT2D eigenvalue weighted by Crippen LogP contribution is -2.25. The highest BCUT2D eigenvalue weighted by Crippen LogP contribution is 2.03. The van der Waals surface area contributed by atoms with E-state index in [1.165, 1.54) is 18.3 Å². The molecule has 1 amide bonds. The van der Waals surface area contributed by atoms with Crippen LogP contribution in [0.3, 0.4) is 0 Å². The highest BCUT2D eigenvalue weighted by Gasteiger charge is 2.11. The number of carbonyl (C=O) groups is 1. The predicted octanol–water partition coefficient (Wildman–Crippen LogP) is 0.884. The van der Waals surface area contributed by atoms with Crippen LogP contribution in [0.25, 0.3) is 0 Å². The quantitative estimate of drug-likeness (QED) is 0.802. The number of aromatic nitrogens is 3. The van der Waals surface area contributed by atoms with Gasteiger partial charge in [-0.05, 0) is 18.2 Å². The van der Waals surface area contributed by atoms with Crippen LogP contribution in [-0.2, 0) is 13.6 Å². The lowest BCUT2D eigenvalue weighted by Gasteiger charge is -2.05. The molecule has 2 aromatic rings. The maximum atomic E-state index is 13.2. The van der Waals surface area contributed by atoms with Crippen LogP contribution < -0.4 is 5.32 Å². The minimum Gasteiger partial charge on any atom is -0.346 e. The zero-order valence-electron chi connectivity index (χ0n) is 9.22. The summed E-state index contributed by atoms with van der Waals surface area (Å²) in [6, 6.07) is 4.68. The predicted molar refractivity (Wildman–Crippen MR) is 58.6 cm³/mol. The largest absolute Gasteiger partial charge is 0.346 e. The first-order valence-corrected chi connectivity index (χ1v) is 5.04. The molecule has 0 aromatic carbocycles. The summed E-state index contributed by atoms with van der Waals surface area (Å²) >= 11 is 0. The normalized spacial score (nSPS) is 10.2. The van der Waals surface area contributed by atoms with Crippen molar-refractivity contribution in [3.05, 3.63) is 47.8 Å². The average Bonchev–Trinajstić information content (AvgIpc) is 2.72. The van der Waals surface area contributed by atoms with Crippen LogP contribution in [0.4, 0.5) is 4.39 Å². The minimum atomic E-state index is -0.769. The molecule has 0 bridgehead atoms. The van der Waals surface area contributed by atoms with Crippen LogP contribution >= 0.6 is 0 Å². The van der Waals surface area contributed by atoms with Gasteiger partial charge in [-0.1, -0.05) is 0 Å². The minimum absolute atomic E-state index is 0.0605. The van der Waals surface area contributed by atoms with Crippen molar-refractivity contribution in [1.29, 1.82) is 0 Å². The van der Waals surface area contributed by atoms with E-state index in [4.69, 9.17) is 0 Å². The molecular formula is C11H11FN4O. The van der Waals surface area contributed by atoms with Crippen LogP contribution in [0.1, 0.15) is 16.1 Å². The number of nitrogens with one attached hydrogen (secondary N) is 1. The molecular weight excluding hydrogens is 223 g/mol. The van der Waals surface area contributed by atoms with Gasteiger partial charge in [0, 0.05) is 19.4 Å². The summed E-state index contributed by atoms with van der Waals surface area (Å²) in [5.41, 5.74) is 0.775. The highest BCUT2D eigenvalue weighted by atomic mass is 19.1. The van der Waals surface area contributed by atoms with E-state index in [0.29, 0.717) is 6.54 Å². The number of hydrogen-bond donors (Lipinski definition) is 1. The third-order valence-corrected chi connectivity index (χ3v) is 2.36. The number of rotatable bonds is 3. The molecule has 2 heterocycles. The maximum Gasteiger partial charge on any atom is 0.256 e. The van der Waals surface area contributed by atoms with Crippen LogP contribution in [0.2, 0.25) is 0 Å². The first kappa shape index (κ1) is 11.3. The standard InChI is InChI=1S/C11H11FN4O/c1-16-8(4-6-15-16)7-14-11(17)9-3-2-5-13-10(9)12/h2-6H,7H2,1H3,(H,14,17). The van der Waals surface area contributed by atoms with Crippen molar-refractivity contribution in [1.82, 2.24) is 20.1 Å². The van der Waals surface area contributed by atoms with Gasteiger partial charge < -0.3 is 5.32 Å². The SMILES string of the molecule is Cn1nccc1CNC(=O)c1cccnc1F. The molecule has 0 aliphatic rings. The van der Waals surface area contributed by atoms with Crippen molar-refractivity contribution in [2.24, 2.45) is 7.05 Å². The van der Waals surface area contributed by atoms with Crippen LogP contribution in [0.15, 0.2) is 30.6 Å². The molecule has 1 N–H and O–H groups in total. The van der Waals surface area contributed by atoms with E-state index in [9.17, 15) is 9.18 Å². The van der Waals surface area contributed by atoms with Gasteiger partial charge in [-0.3, -0.25) is 9.48 Å². The molecule has 0 radical (unpaired) electrons. The van der Waals surface area contributed by atoms with Crippen molar-refractivity contribution in [2.75, 3.05) is 0 Å². The Balaban J connectivity index is 2.04. The number of pyridine rings is 1. The Morgan fingerprint density at radius 2 is 2.29 bits per heavy atom. The molecule has 2 rings (SSSR count). The number of hydrogen-bond acceptors (Lipinski definition) is 3. The summed E-state index contributed by atoms with van der Waals surface area (Å²) in [6.45, 7) is 0.295. The molecule has 0 fully saturated rings. The second-order valence-corrected chi connectivity index (χ2v) is 3.47. The lowest BCUT2D eigenvalue weighted by atomic mass is 10.2. The number of nitrogens with zero attached hydrogens (tertiary/aromatic N) is 3. The van der Waals surface area contributed by atoms with Crippen molar-refractivity contribution >= 4 is 5.91 Å². The van der Waals surface area contributed by atoms with Gasteiger partial charge in [0.1, 0.15) is 0 Å². The van der Waals surface area contributed by atoms with Gasteiger partial charge in [-0.15, -0.1) is 0 Å². The van der Waals surface area contributed by atoms with Crippen molar-refractivity contribution in [3.8, 4) is 0 Å². The van der Waals surface area contributed by atoms with E-state index in [1.807, 2.05) is 0 Å². The van der Waals surface area contributed by atoms with Crippen molar-refractivity contribution in [2.45, 2.75) is 6.54 Å². The topological polar surface area (TPSA) is 59.8 Å². The molecule has 88 valence electrons. The Hall–Kier alpha value is -2.24. The lowest BCUT2D eigenvalue weighted by molar-refractivity contribution is 0.0945. The third-order valence-electron chi connectivity index (χ3n) is 2.36. The molecule has 0 saturated heterocycles. The van der Waals surface area contributed by atoms with Gasteiger partial charge in [0.05, 0.1) is 17.8 Å². The third kappa shape index (κ3) is 2.47. The van der Waals surface area contributed by atoms with Gasteiger partial charge in [-0.2, -0.15) is 9.49 Å². The number of aryl methyl sites for hydroxylation is 1. The molecule has 2 aromatic heterocycles. The summed E-state index contributed by atoms with van der Waals surface area (Å²) in [7, 11) is 1.77. The van der Waals surface area contributed by atoms with Gasteiger partial charge in [-0.25, -0.2) is 4.98 Å². The molecule has 0 spiro atoms. The number of amides is 1. The van der Waals surface area contributed by atoms with Crippen LogP contribution in [0, 0.1) is 5.95 Å². The molecule has 17 heavy (non-hydrogen) atoms. The van der Waals surface area contributed by atoms with Gasteiger partial charge in [0.2, 0.25) is 5.95 Å². The molecule has 5 nitrogen and oxygen atoms in total. The highest BCUT2D eigenvalue weighted by molar-refractivity contribution is 5.93. The van der Waals surface area contributed by atoms with E-state index >= 15 is 0 Å². The second-order valence-electron chi connectivity index (χ2n) is 3.47. The Morgan fingerprint density at radius 3 is 2.94 bits per heavy atom. The Morgan fingerprint density at radius 1 is 1.47 bits per heavy atom. The fourth-order valence-electron chi connectivity index (χ4n) is 1.40. The van der Waals surface area contributed by atoms with E-state index in [-0.39, 0.29) is 5.56 Å². The van der Waals surface area contributed by atoms with E-state index < -0.39 is 11.9 Å². The molecule has 0 saturated carbocycles. The molecule has 0 unspecified atom stereocenters. The summed E-state index contributed by atoms with van der Waals surface area (Å²) in [5, 5.41) is 6.57. The number of carbonyl (C=O) groups excluding carboxylic acids is 1. The molecule has 6 heteroatoms. The van der Waals surface area contributed by atoms with E-state index in [0.717, 1.165) is 5.69 Å². The molecule has 0 aliphatic carbocycles. The maximum absolute atomic E-state index is 13.2. The van der Waals surface area contributed by atoms with E-state index in [2.05, 4.69) is 15.4 Å². The first-order valence-electron chi connectivity index (χ1n) is 5.04. The fraction of sp³-hybridized carbons (Fsp3) is 0.182. The zero-order valence-corrected chi connectivity index (χ0v) is 9.22. The van der Waals surface area contributed by atoms with Gasteiger partial charge >= 0.3 is 0 Å². The van der Waals surface area contributed by atoms with Crippen molar-refractivity contribution < 1.29 is 9.18 Å². The Labute approximate surface area is 97.3 Å². The molecule has 0 aliphatic heterocycles.